The van der Waals surface area contributed by atoms with Crippen LogP contribution >= 0.6 is 11.6 Å². The molecule has 5 rings (SSSR count). The Morgan fingerprint density at radius 3 is 2.47 bits per heavy atom. The summed E-state index contributed by atoms with van der Waals surface area (Å²) in [5.41, 5.74) is 1.31. The summed E-state index contributed by atoms with van der Waals surface area (Å²) >= 11 is 6.03. The molecular weight excluding hydrogens is 615 g/mol. The van der Waals surface area contributed by atoms with Crippen molar-refractivity contribution < 1.29 is 42.4 Å². The van der Waals surface area contributed by atoms with Gasteiger partial charge in [0.2, 0.25) is 0 Å². The molecule has 0 bridgehead atoms. The maximum absolute atomic E-state index is 14.0. The van der Waals surface area contributed by atoms with E-state index in [1.54, 1.807) is 55.5 Å². The lowest BCUT2D eigenvalue weighted by Crippen LogP contribution is -2.57. The van der Waals surface area contributed by atoms with E-state index in [-0.39, 0.29) is 30.1 Å². The molecule has 0 radical (unpaired) electrons. The Kier molecular flexibility index (Phi) is 10.2. The summed E-state index contributed by atoms with van der Waals surface area (Å²) < 4.78 is 60.5. The number of rotatable bonds is 11. The maximum atomic E-state index is 14.0. The zero-order valence-corrected chi connectivity index (χ0v) is 25.1. The van der Waals surface area contributed by atoms with Gasteiger partial charge in [-0.05, 0) is 35.9 Å². The number of carbonyl (C=O) groups excluding carboxylic acids is 1. The van der Waals surface area contributed by atoms with Crippen molar-refractivity contribution in [2.45, 2.75) is 50.4 Å². The molecule has 0 aliphatic carbocycles. The molecule has 2 N–H and O–H groups in total. The lowest BCUT2D eigenvalue weighted by molar-refractivity contribution is -0.214. The third-order valence-electron chi connectivity index (χ3n) is 7.91. The average Bonchev–Trinajstić information content (AvgIpc) is 3.51. The molecule has 9 nitrogen and oxygen atoms in total. The molecule has 1 aliphatic rings. The molecule has 238 valence electrons. The van der Waals surface area contributed by atoms with Crippen LogP contribution in [0, 0.1) is 23.4 Å². The van der Waals surface area contributed by atoms with Crippen LogP contribution in [0.5, 0.6) is 5.75 Å². The van der Waals surface area contributed by atoms with Crippen LogP contribution in [0.3, 0.4) is 0 Å². The number of ketones is 1. The summed E-state index contributed by atoms with van der Waals surface area (Å²) in [7, 11) is 1.50. The highest BCUT2D eigenvalue weighted by Crippen LogP contribution is 2.38. The highest BCUT2D eigenvalue weighted by molar-refractivity contribution is 6.30. The maximum Gasteiger partial charge on any atom is 0.194 e. The monoisotopic (exact) mass is 645 g/mol. The van der Waals surface area contributed by atoms with E-state index in [9.17, 15) is 28.2 Å². The van der Waals surface area contributed by atoms with Crippen LogP contribution in [0.25, 0.3) is 11.3 Å². The number of aromatic nitrogens is 3. The van der Waals surface area contributed by atoms with E-state index in [1.807, 2.05) is 0 Å². The van der Waals surface area contributed by atoms with Gasteiger partial charge in [-0.15, -0.1) is 5.10 Å². The van der Waals surface area contributed by atoms with Gasteiger partial charge in [-0.3, -0.25) is 4.79 Å². The Balaban J connectivity index is 1.48. The third kappa shape index (κ3) is 7.05. The zero-order chi connectivity index (χ0) is 32.2. The molecule has 1 aromatic heterocycles. The largest absolute Gasteiger partial charge is 0.496 e. The predicted molar refractivity (Wildman–Crippen MR) is 157 cm³/mol. The highest BCUT2D eigenvalue weighted by atomic mass is 35.5. The molecule has 2 unspecified atom stereocenters. The van der Waals surface area contributed by atoms with E-state index >= 15 is 0 Å². The van der Waals surface area contributed by atoms with E-state index in [4.69, 9.17) is 25.8 Å². The summed E-state index contributed by atoms with van der Waals surface area (Å²) in [5, 5.41) is 30.0. The van der Waals surface area contributed by atoms with Crippen molar-refractivity contribution in [3.05, 3.63) is 100 Å². The molecular formula is C32H31ClF3N3O6. The number of hydrogen-bond donors (Lipinski definition) is 2. The van der Waals surface area contributed by atoms with E-state index in [0.717, 1.165) is 17.7 Å². The van der Waals surface area contributed by atoms with Gasteiger partial charge in [0.25, 0.3) is 0 Å². The molecule has 0 amide bonds. The molecule has 3 aromatic carbocycles. The second-order valence-corrected chi connectivity index (χ2v) is 11.2. The SMILES string of the molecule is COc1ccccc1CC(=O)[C@@H](OCc1ccc(Cl)cc1)[C@@H]1OC(CO)[C@H](O)[C@H](n2cc(-c3cc(F)c(F)c(F)c3)nn2)C1C. The summed E-state index contributed by atoms with van der Waals surface area (Å²) in [4.78, 5) is 14.0. The minimum absolute atomic E-state index is 0.0126. The van der Waals surface area contributed by atoms with Gasteiger partial charge in [0.15, 0.2) is 23.2 Å². The standard InChI is InChI=1S/C32H31ClF3N3O6/c1-17-29(39-14-24(37-38-39)20-11-22(34)28(36)23(35)12-20)30(42)27(15-40)45-31(17)32(44-16-18-7-9-21(33)10-8-18)25(41)13-19-5-3-4-6-26(19)43-2/h3-12,14,17,27,29-32,40,42H,13,15-16H2,1-2H3/t17?,27?,29-,30+,31-,32-/m1/s1. The molecule has 4 aromatic rings. The van der Waals surface area contributed by atoms with Gasteiger partial charge < -0.3 is 24.4 Å². The Morgan fingerprint density at radius 1 is 1.11 bits per heavy atom. The van der Waals surface area contributed by atoms with Gasteiger partial charge in [-0.1, -0.05) is 54.1 Å². The first-order chi connectivity index (χ1) is 21.6. The fourth-order valence-electron chi connectivity index (χ4n) is 5.56. The van der Waals surface area contributed by atoms with Crippen LogP contribution in [0.4, 0.5) is 13.2 Å². The number of aliphatic hydroxyl groups is 2. The van der Waals surface area contributed by atoms with Crippen molar-refractivity contribution in [2.24, 2.45) is 5.92 Å². The summed E-state index contributed by atoms with van der Waals surface area (Å²) in [6, 6.07) is 14.6. The van der Waals surface area contributed by atoms with E-state index < -0.39 is 60.4 Å². The van der Waals surface area contributed by atoms with Crippen LogP contribution in [0.1, 0.15) is 24.1 Å². The highest BCUT2D eigenvalue weighted by Gasteiger charge is 2.49. The normalized spacial score (nSPS) is 22.3. The van der Waals surface area contributed by atoms with Crippen molar-refractivity contribution in [1.29, 1.82) is 0 Å². The molecule has 1 aliphatic heterocycles. The van der Waals surface area contributed by atoms with Crippen molar-refractivity contribution in [2.75, 3.05) is 13.7 Å². The van der Waals surface area contributed by atoms with Crippen LogP contribution in [-0.2, 0) is 27.3 Å². The number of benzene rings is 3. The molecule has 6 atom stereocenters. The van der Waals surface area contributed by atoms with Crippen molar-refractivity contribution in [3.8, 4) is 17.0 Å². The Labute approximate surface area is 262 Å². The van der Waals surface area contributed by atoms with E-state index in [0.29, 0.717) is 16.3 Å². The van der Waals surface area contributed by atoms with Gasteiger partial charge in [0.1, 0.15) is 29.8 Å². The first-order valence-electron chi connectivity index (χ1n) is 14.1. The topological polar surface area (TPSA) is 116 Å². The lowest BCUT2D eigenvalue weighted by atomic mass is 9.82. The number of carbonyl (C=O) groups is 1. The first kappa shape index (κ1) is 32.6. The first-order valence-corrected chi connectivity index (χ1v) is 14.5. The number of ether oxygens (including phenoxy) is 3. The van der Waals surface area contributed by atoms with Crippen LogP contribution in [0.2, 0.25) is 5.02 Å². The molecule has 1 fully saturated rings. The predicted octanol–water partition coefficient (Wildman–Crippen LogP) is 4.72. The number of methoxy groups -OCH3 is 1. The number of hydrogen-bond acceptors (Lipinski definition) is 8. The Morgan fingerprint density at radius 2 is 1.80 bits per heavy atom. The molecule has 2 heterocycles. The van der Waals surface area contributed by atoms with Gasteiger partial charge >= 0.3 is 0 Å². The molecule has 0 saturated carbocycles. The number of para-hydroxylation sites is 1. The summed E-state index contributed by atoms with van der Waals surface area (Å²) in [6.45, 7) is 1.15. The zero-order valence-electron chi connectivity index (χ0n) is 24.3. The van der Waals surface area contributed by atoms with Crippen LogP contribution < -0.4 is 4.74 Å². The lowest BCUT2D eigenvalue weighted by Gasteiger charge is -2.45. The number of Topliss-reactive ketones (excluding diaryl/α,β-unsaturated/α-hetero) is 1. The van der Waals surface area contributed by atoms with Crippen LogP contribution in [-0.4, -0.2) is 69.1 Å². The average molecular weight is 646 g/mol. The molecule has 13 heteroatoms. The van der Waals surface area contributed by atoms with Crippen molar-refractivity contribution in [3.63, 3.8) is 0 Å². The third-order valence-corrected chi connectivity index (χ3v) is 8.16. The van der Waals surface area contributed by atoms with E-state index in [2.05, 4.69) is 10.3 Å². The number of halogens is 4. The number of aliphatic hydroxyl groups excluding tert-OH is 2. The van der Waals surface area contributed by atoms with Crippen molar-refractivity contribution in [1.82, 2.24) is 15.0 Å². The summed E-state index contributed by atoms with van der Waals surface area (Å²) in [5.74, 6) is -4.90. The minimum Gasteiger partial charge on any atom is -0.496 e. The van der Waals surface area contributed by atoms with Gasteiger partial charge in [0, 0.05) is 28.5 Å². The molecule has 1 saturated heterocycles. The van der Waals surface area contributed by atoms with Crippen LogP contribution in [0.15, 0.2) is 66.9 Å². The summed E-state index contributed by atoms with van der Waals surface area (Å²) in [6.07, 6.45) is -3.35. The second kappa shape index (κ2) is 14.1. The minimum atomic E-state index is -1.62. The fraction of sp³-hybridized carbons (Fsp3) is 0.344. The van der Waals surface area contributed by atoms with Gasteiger partial charge in [-0.2, -0.15) is 0 Å². The smallest absolute Gasteiger partial charge is 0.194 e. The van der Waals surface area contributed by atoms with Gasteiger partial charge in [0.05, 0.1) is 38.7 Å². The van der Waals surface area contributed by atoms with Gasteiger partial charge in [-0.25, -0.2) is 17.9 Å². The number of nitrogens with zero attached hydrogens (tertiary/aromatic N) is 3. The Bertz CT molecular complexity index is 1620. The second-order valence-electron chi connectivity index (χ2n) is 10.8. The fourth-order valence-corrected chi connectivity index (χ4v) is 5.69. The molecule has 0 spiro atoms. The quantitative estimate of drug-likeness (QED) is 0.225. The Hall–Kier alpha value is -3.81. The van der Waals surface area contributed by atoms with Crippen molar-refractivity contribution >= 4 is 17.4 Å². The van der Waals surface area contributed by atoms with E-state index in [1.165, 1.54) is 18.0 Å². The molecule has 45 heavy (non-hydrogen) atoms.